The van der Waals surface area contributed by atoms with Gasteiger partial charge in [0.05, 0.1) is 24.7 Å². The number of rotatable bonds is 3. The van der Waals surface area contributed by atoms with Gasteiger partial charge < -0.3 is 15.5 Å². The standard InChI is InChI=1S/C13H16FNO3/c14-9-4-2-1-3-8(9)7-12(17)15-10-5-6-11(16)13(10)18/h1-4,10-11,13,16,18H,5-7H2,(H,15,17)/t10-,11-,13-/m1/s1. The first-order valence-electron chi connectivity index (χ1n) is 5.97. The highest BCUT2D eigenvalue weighted by molar-refractivity contribution is 5.79. The van der Waals surface area contributed by atoms with Crippen LogP contribution in [0.2, 0.25) is 0 Å². The van der Waals surface area contributed by atoms with Crippen LogP contribution in [0.15, 0.2) is 24.3 Å². The van der Waals surface area contributed by atoms with Gasteiger partial charge in [0.2, 0.25) is 5.91 Å². The van der Waals surface area contributed by atoms with Crippen LogP contribution >= 0.6 is 0 Å². The summed E-state index contributed by atoms with van der Waals surface area (Å²) in [6.45, 7) is 0. The maximum absolute atomic E-state index is 13.3. The maximum Gasteiger partial charge on any atom is 0.224 e. The number of amides is 1. The molecular formula is C13H16FNO3. The van der Waals surface area contributed by atoms with E-state index >= 15 is 0 Å². The van der Waals surface area contributed by atoms with Crippen molar-refractivity contribution < 1.29 is 19.4 Å². The lowest BCUT2D eigenvalue weighted by molar-refractivity contribution is -0.122. The molecule has 0 unspecified atom stereocenters. The molecule has 1 aromatic rings. The topological polar surface area (TPSA) is 69.6 Å². The molecule has 0 spiro atoms. The molecular weight excluding hydrogens is 237 g/mol. The van der Waals surface area contributed by atoms with E-state index in [1.165, 1.54) is 6.07 Å². The van der Waals surface area contributed by atoms with Crippen molar-refractivity contribution in [1.82, 2.24) is 5.32 Å². The molecule has 3 N–H and O–H groups in total. The Kier molecular flexibility index (Phi) is 3.93. The van der Waals surface area contributed by atoms with Crippen LogP contribution in [-0.4, -0.2) is 34.4 Å². The highest BCUT2D eigenvalue weighted by Crippen LogP contribution is 2.19. The SMILES string of the molecule is O=C(Cc1ccccc1F)N[C@@H]1CC[C@@H](O)[C@@H]1O. The van der Waals surface area contributed by atoms with Gasteiger partial charge in [0, 0.05) is 0 Å². The lowest BCUT2D eigenvalue weighted by Crippen LogP contribution is -2.43. The van der Waals surface area contributed by atoms with Gasteiger partial charge in [0.1, 0.15) is 5.82 Å². The quantitative estimate of drug-likeness (QED) is 0.729. The smallest absolute Gasteiger partial charge is 0.224 e. The minimum atomic E-state index is -0.936. The Morgan fingerprint density at radius 1 is 1.33 bits per heavy atom. The summed E-state index contributed by atoms with van der Waals surface area (Å²) in [5, 5.41) is 21.6. The summed E-state index contributed by atoms with van der Waals surface area (Å²) in [4.78, 5) is 11.7. The van der Waals surface area contributed by atoms with Crippen LogP contribution in [0, 0.1) is 5.82 Å². The highest BCUT2D eigenvalue weighted by Gasteiger charge is 2.34. The minimum Gasteiger partial charge on any atom is -0.390 e. The summed E-state index contributed by atoms with van der Waals surface area (Å²) in [5.41, 5.74) is 0.322. The predicted molar refractivity (Wildman–Crippen MR) is 63.3 cm³/mol. The van der Waals surface area contributed by atoms with Crippen molar-refractivity contribution in [3.8, 4) is 0 Å². The van der Waals surface area contributed by atoms with E-state index in [0.717, 1.165) is 0 Å². The molecule has 0 bridgehead atoms. The summed E-state index contributed by atoms with van der Waals surface area (Å²) in [5.74, 6) is -0.766. The number of halogens is 1. The number of hydrogen-bond acceptors (Lipinski definition) is 3. The Hall–Kier alpha value is -1.46. The third kappa shape index (κ3) is 2.86. The van der Waals surface area contributed by atoms with E-state index in [9.17, 15) is 19.4 Å². The summed E-state index contributed by atoms with van der Waals surface area (Å²) in [6, 6.07) is 5.64. The molecule has 5 heteroatoms. The van der Waals surface area contributed by atoms with Gasteiger partial charge in [0.15, 0.2) is 0 Å². The van der Waals surface area contributed by atoms with Crippen LogP contribution < -0.4 is 5.32 Å². The first kappa shape index (κ1) is 13.0. The van der Waals surface area contributed by atoms with Crippen LogP contribution in [0.3, 0.4) is 0 Å². The molecule has 1 fully saturated rings. The van der Waals surface area contributed by atoms with Gasteiger partial charge in [-0.1, -0.05) is 18.2 Å². The molecule has 3 atom stereocenters. The van der Waals surface area contributed by atoms with Crippen molar-refractivity contribution in [2.45, 2.75) is 37.5 Å². The van der Waals surface area contributed by atoms with Crippen molar-refractivity contribution in [3.63, 3.8) is 0 Å². The zero-order valence-corrected chi connectivity index (χ0v) is 9.84. The molecule has 0 aliphatic heterocycles. The Morgan fingerprint density at radius 3 is 2.67 bits per heavy atom. The zero-order chi connectivity index (χ0) is 13.1. The molecule has 1 aliphatic rings. The van der Waals surface area contributed by atoms with Crippen LogP contribution in [0.25, 0.3) is 0 Å². The molecule has 2 rings (SSSR count). The second-order valence-corrected chi connectivity index (χ2v) is 4.58. The molecule has 98 valence electrons. The number of hydrogen-bond donors (Lipinski definition) is 3. The maximum atomic E-state index is 13.3. The Labute approximate surface area is 104 Å². The number of aliphatic hydroxyl groups excluding tert-OH is 2. The number of nitrogens with one attached hydrogen (secondary N) is 1. The second-order valence-electron chi connectivity index (χ2n) is 4.58. The van der Waals surface area contributed by atoms with E-state index in [2.05, 4.69) is 5.32 Å². The van der Waals surface area contributed by atoms with E-state index < -0.39 is 24.1 Å². The lowest BCUT2D eigenvalue weighted by Gasteiger charge is -2.18. The minimum absolute atomic E-state index is 0.0635. The van der Waals surface area contributed by atoms with Gasteiger partial charge in [-0.3, -0.25) is 4.79 Å². The van der Waals surface area contributed by atoms with E-state index in [1.54, 1.807) is 18.2 Å². The number of benzene rings is 1. The van der Waals surface area contributed by atoms with Crippen LogP contribution in [-0.2, 0) is 11.2 Å². The number of carbonyl (C=O) groups excluding carboxylic acids is 1. The molecule has 1 aliphatic carbocycles. The first-order valence-corrected chi connectivity index (χ1v) is 5.97. The third-order valence-corrected chi connectivity index (χ3v) is 3.24. The number of aliphatic hydroxyl groups is 2. The molecule has 0 heterocycles. The van der Waals surface area contributed by atoms with Gasteiger partial charge >= 0.3 is 0 Å². The largest absolute Gasteiger partial charge is 0.390 e. The monoisotopic (exact) mass is 253 g/mol. The summed E-state index contributed by atoms with van der Waals surface area (Å²) < 4.78 is 13.3. The van der Waals surface area contributed by atoms with Crippen LogP contribution in [0.5, 0.6) is 0 Å². The fourth-order valence-electron chi connectivity index (χ4n) is 2.19. The molecule has 4 nitrogen and oxygen atoms in total. The van der Waals surface area contributed by atoms with E-state index in [4.69, 9.17) is 0 Å². The molecule has 0 radical (unpaired) electrons. The van der Waals surface area contributed by atoms with Gasteiger partial charge in [-0.2, -0.15) is 0 Å². The zero-order valence-electron chi connectivity index (χ0n) is 9.84. The van der Waals surface area contributed by atoms with Crippen molar-refractivity contribution >= 4 is 5.91 Å². The molecule has 1 saturated carbocycles. The molecule has 0 aromatic heterocycles. The molecule has 18 heavy (non-hydrogen) atoms. The lowest BCUT2D eigenvalue weighted by atomic mass is 10.1. The van der Waals surface area contributed by atoms with E-state index in [0.29, 0.717) is 18.4 Å². The fourth-order valence-corrected chi connectivity index (χ4v) is 2.19. The average Bonchev–Trinajstić information content (AvgIpc) is 2.64. The fraction of sp³-hybridized carbons (Fsp3) is 0.462. The molecule has 0 saturated heterocycles. The summed E-state index contributed by atoms with van der Waals surface area (Å²) in [7, 11) is 0. The predicted octanol–water partition coefficient (Wildman–Crippen LogP) is 0.369. The summed E-state index contributed by atoms with van der Waals surface area (Å²) in [6.07, 6.45) is -0.790. The van der Waals surface area contributed by atoms with E-state index in [-0.39, 0.29) is 12.3 Å². The van der Waals surface area contributed by atoms with Crippen molar-refractivity contribution in [1.29, 1.82) is 0 Å². The van der Waals surface area contributed by atoms with E-state index in [1.807, 2.05) is 0 Å². The van der Waals surface area contributed by atoms with Gasteiger partial charge in [-0.25, -0.2) is 4.39 Å². The Balaban J connectivity index is 1.92. The average molecular weight is 253 g/mol. The van der Waals surface area contributed by atoms with Crippen molar-refractivity contribution in [3.05, 3.63) is 35.6 Å². The Bertz CT molecular complexity index is 438. The Morgan fingerprint density at radius 2 is 2.06 bits per heavy atom. The van der Waals surface area contributed by atoms with Gasteiger partial charge in [-0.05, 0) is 24.5 Å². The highest BCUT2D eigenvalue weighted by atomic mass is 19.1. The van der Waals surface area contributed by atoms with Gasteiger partial charge in [0.25, 0.3) is 0 Å². The van der Waals surface area contributed by atoms with Crippen molar-refractivity contribution in [2.24, 2.45) is 0 Å². The normalized spacial score (nSPS) is 27.2. The van der Waals surface area contributed by atoms with Crippen LogP contribution in [0.4, 0.5) is 4.39 Å². The second kappa shape index (κ2) is 5.46. The third-order valence-electron chi connectivity index (χ3n) is 3.24. The van der Waals surface area contributed by atoms with Crippen LogP contribution in [0.1, 0.15) is 18.4 Å². The first-order chi connectivity index (χ1) is 8.58. The van der Waals surface area contributed by atoms with Gasteiger partial charge in [-0.15, -0.1) is 0 Å². The number of carbonyl (C=O) groups is 1. The summed E-state index contributed by atoms with van der Waals surface area (Å²) >= 11 is 0. The molecule has 1 amide bonds. The molecule has 1 aromatic carbocycles. The van der Waals surface area contributed by atoms with Crippen molar-refractivity contribution in [2.75, 3.05) is 0 Å².